The van der Waals surface area contributed by atoms with Crippen LogP contribution in [-0.4, -0.2) is 25.9 Å². The summed E-state index contributed by atoms with van der Waals surface area (Å²) in [7, 11) is 0. The second kappa shape index (κ2) is 5.10. The topological polar surface area (TPSA) is 126 Å². The van der Waals surface area contributed by atoms with Crippen LogP contribution in [0.4, 0.5) is 5.69 Å². The Morgan fingerprint density at radius 1 is 1.24 bits per heavy atom. The van der Waals surface area contributed by atoms with Gasteiger partial charge >= 0.3 is 0 Å². The second-order valence-electron chi connectivity index (χ2n) is 5.48. The average molecular weight is 338 g/mol. The quantitative estimate of drug-likeness (QED) is 0.374. The molecule has 124 valence electrons. The molecule has 25 heavy (non-hydrogen) atoms. The van der Waals surface area contributed by atoms with Crippen LogP contribution in [0.1, 0.15) is 15.9 Å². The number of carbonyl (C=O) groups excluding carboxylic acids is 1. The van der Waals surface area contributed by atoms with Crippen molar-refractivity contribution in [2.45, 2.75) is 0 Å². The number of nitro benzene ring substituents is 1. The molecule has 2 heterocycles. The molecule has 0 saturated carbocycles. The molecule has 8 heteroatoms. The Labute approximate surface area is 139 Å². The molecule has 0 saturated heterocycles. The molecule has 3 aromatic rings. The van der Waals surface area contributed by atoms with Gasteiger partial charge in [-0.25, -0.2) is 0 Å². The molecule has 8 nitrogen and oxygen atoms in total. The Balaban J connectivity index is 1.82. The molecule has 0 bridgehead atoms. The Morgan fingerprint density at radius 2 is 2.04 bits per heavy atom. The highest BCUT2D eigenvalue weighted by Gasteiger charge is 2.31. The van der Waals surface area contributed by atoms with Crippen molar-refractivity contribution in [3.8, 4) is 17.2 Å². The van der Waals surface area contributed by atoms with Crippen molar-refractivity contribution in [3.63, 3.8) is 0 Å². The highest BCUT2D eigenvalue weighted by Crippen LogP contribution is 2.41. The predicted molar refractivity (Wildman–Crippen MR) is 87.7 cm³/mol. The van der Waals surface area contributed by atoms with Gasteiger partial charge in [0.1, 0.15) is 28.3 Å². The lowest BCUT2D eigenvalue weighted by Crippen LogP contribution is -1.98. The molecule has 0 unspecified atom stereocenters. The first-order valence-electron chi connectivity index (χ1n) is 7.20. The van der Waals surface area contributed by atoms with Gasteiger partial charge in [-0.1, -0.05) is 12.1 Å². The first kappa shape index (κ1) is 14.8. The first-order chi connectivity index (χ1) is 12.0. The zero-order valence-electron chi connectivity index (χ0n) is 12.5. The first-order valence-corrected chi connectivity index (χ1v) is 7.20. The van der Waals surface area contributed by atoms with Gasteiger partial charge in [-0.05, 0) is 6.08 Å². The van der Waals surface area contributed by atoms with Crippen LogP contribution in [0.25, 0.3) is 17.0 Å². The number of non-ortho nitro benzene ring substituents is 1. The summed E-state index contributed by atoms with van der Waals surface area (Å²) < 4.78 is 5.42. The number of hydrogen-bond donors (Lipinski definition) is 3. The third-order valence-electron chi connectivity index (χ3n) is 3.95. The van der Waals surface area contributed by atoms with Crippen LogP contribution in [0.2, 0.25) is 0 Å². The van der Waals surface area contributed by atoms with Crippen LogP contribution < -0.4 is 4.74 Å². The van der Waals surface area contributed by atoms with E-state index in [-0.39, 0.29) is 34.3 Å². The van der Waals surface area contributed by atoms with Gasteiger partial charge < -0.3 is 19.9 Å². The molecule has 4 rings (SSSR count). The van der Waals surface area contributed by atoms with E-state index in [1.54, 1.807) is 12.1 Å². The Kier molecular flexibility index (Phi) is 3.01. The maximum atomic E-state index is 12.4. The third kappa shape index (κ3) is 2.19. The molecule has 3 N–H and O–H groups in total. The number of fused-ring (bicyclic) bond motifs is 2. The molecule has 0 radical (unpaired) electrons. The molecule has 1 aliphatic rings. The van der Waals surface area contributed by atoms with Crippen molar-refractivity contribution in [1.82, 2.24) is 4.98 Å². The lowest BCUT2D eigenvalue weighted by atomic mass is 10.1. The summed E-state index contributed by atoms with van der Waals surface area (Å²) in [4.78, 5) is 25.8. The van der Waals surface area contributed by atoms with E-state index in [2.05, 4.69) is 4.98 Å². The smallest absolute Gasteiger partial charge is 0.293 e. The van der Waals surface area contributed by atoms with Gasteiger partial charge in [-0.2, -0.15) is 0 Å². The van der Waals surface area contributed by atoms with E-state index in [1.807, 2.05) is 0 Å². The zero-order chi connectivity index (χ0) is 17.7. The molecular weight excluding hydrogens is 328 g/mol. The number of nitrogens with one attached hydrogen (secondary N) is 1. The summed E-state index contributed by atoms with van der Waals surface area (Å²) in [5, 5.41) is 31.0. The molecular formula is C17H10N2O6. The van der Waals surface area contributed by atoms with Gasteiger partial charge in [0.2, 0.25) is 5.78 Å². The van der Waals surface area contributed by atoms with E-state index < -0.39 is 10.7 Å². The fourth-order valence-electron chi connectivity index (χ4n) is 2.85. The third-order valence-corrected chi connectivity index (χ3v) is 3.95. The fraction of sp³-hybridized carbons (Fsp3) is 0. The monoisotopic (exact) mass is 338 g/mol. The maximum Gasteiger partial charge on any atom is 0.293 e. The van der Waals surface area contributed by atoms with Gasteiger partial charge in [-0.3, -0.25) is 14.9 Å². The average Bonchev–Trinajstić information content (AvgIpc) is 3.09. The van der Waals surface area contributed by atoms with E-state index >= 15 is 0 Å². The number of aromatic amines is 1. The minimum atomic E-state index is -0.535. The molecule has 0 aliphatic carbocycles. The van der Waals surface area contributed by atoms with Crippen molar-refractivity contribution in [3.05, 3.63) is 63.5 Å². The predicted octanol–water partition coefficient (Wildman–Crippen LogP) is 3.10. The molecule has 0 spiro atoms. The largest absolute Gasteiger partial charge is 0.508 e. The number of allylic oxidation sites excluding steroid dienone is 1. The van der Waals surface area contributed by atoms with Crippen molar-refractivity contribution < 1.29 is 24.7 Å². The number of Topliss-reactive ketones (excluding diaryl/α,β-unsaturated/α-hetero) is 1. The number of hydrogen-bond acceptors (Lipinski definition) is 6. The number of aromatic nitrogens is 1. The number of H-pyrrole nitrogens is 1. The molecule has 0 amide bonds. The summed E-state index contributed by atoms with van der Waals surface area (Å²) in [6, 6.07) is 6.89. The van der Waals surface area contributed by atoms with E-state index in [9.17, 15) is 25.1 Å². The Hall–Kier alpha value is -3.81. The molecule has 0 fully saturated rings. The number of rotatable bonds is 2. The second-order valence-corrected chi connectivity index (χ2v) is 5.48. The molecule has 1 aromatic heterocycles. The highest BCUT2D eigenvalue weighted by atomic mass is 16.6. The van der Waals surface area contributed by atoms with Crippen molar-refractivity contribution in [2.24, 2.45) is 0 Å². The Morgan fingerprint density at radius 3 is 2.80 bits per heavy atom. The summed E-state index contributed by atoms with van der Waals surface area (Å²) in [6.07, 6.45) is 2.96. The van der Waals surface area contributed by atoms with Gasteiger partial charge in [-0.15, -0.1) is 0 Å². The number of nitro groups is 1. The van der Waals surface area contributed by atoms with Crippen LogP contribution >= 0.6 is 0 Å². The number of ether oxygens (including phenoxy) is 1. The number of phenols is 2. The van der Waals surface area contributed by atoms with E-state index in [0.717, 1.165) is 6.07 Å². The summed E-state index contributed by atoms with van der Waals surface area (Å²) in [6.45, 7) is 0. The van der Waals surface area contributed by atoms with E-state index in [1.165, 1.54) is 24.4 Å². The van der Waals surface area contributed by atoms with Gasteiger partial charge in [0, 0.05) is 35.3 Å². The molecule has 0 atom stereocenters. The number of aromatic hydroxyl groups is 2. The van der Waals surface area contributed by atoms with Crippen molar-refractivity contribution in [1.29, 1.82) is 0 Å². The summed E-state index contributed by atoms with van der Waals surface area (Å²) in [5.74, 6) is -1.14. The van der Waals surface area contributed by atoms with Crippen molar-refractivity contribution >= 4 is 28.4 Å². The Bertz CT molecular complexity index is 1100. The van der Waals surface area contributed by atoms with Gasteiger partial charge in [0.15, 0.2) is 5.76 Å². The van der Waals surface area contributed by atoms with Crippen molar-refractivity contribution in [2.75, 3.05) is 0 Å². The lowest BCUT2D eigenvalue weighted by molar-refractivity contribution is -0.383. The van der Waals surface area contributed by atoms with Crippen LogP contribution in [-0.2, 0) is 0 Å². The summed E-state index contributed by atoms with van der Waals surface area (Å²) in [5.41, 5.74) is 0.753. The molecule has 2 aromatic carbocycles. The number of benzene rings is 2. The minimum absolute atomic E-state index is 0.0325. The standard InChI is InChI=1S/C17H10N2O6/c20-9-5-12(21)15-13(6-9)25-14(17(15)22)4-8-7-18-16-10(8)2-1-3-11(16)19(23)24/h1-7,18,20-21H/b14-4-. The summed E-state index contributed by atoms with van der Waals surface area (Å²) >= 11 is 0. The van der Waals surface area contributed by atoms with Gasteiger partial charge in [0.25, 0.3) is 5.69 Å². The SMILES string of the molecule is O=C1/C(=C/c2c[nH]c3c([N+](=O)[O-])cccc23)Oc2cc(O)cc(O)c21. The minimum Gasteiger partial charge on any atom is -0.508 e. The van der Waals surface area contributed by atoms with Crippen LogP contribution in [0.3, 0.4) is 0 Å². The number of nitrogens with zero attached hydrogens (tertiary/aromatic N) is 1. The number of phenolic OH excluding ortho intramolecular Hbond substituents is 2. The number of para-hydroxylation sites is 1. The van der Waals surface area contributed by atoms with Crippen LogP contribution in [0.15, 0.2) is 42.3 Å². The fourth-order valence-corrected chi connectivity index (χ4v) is 2.85. The number of carbonyl (C=O) groups is 1. The van der Waals surface area contributed by atoms with Gasteiger partial charge in [0.05, 0.1) is 4.92 Å². The van der Waals surface area contributed by atoms with Crippen LogP contribution in [0, 0.1) is 10.1 Å². The maximum absolute atomic E-state index is 12.4. The highest BCUT2D eigenvalue weighted by molar-refractivity contribution is 6.16. The molecule has 1 aliphatic heterocycles. The van der Waals surface area contributed by atoms with E-state index in [0.29, 0.717) is 16.5 Å². The normalized spacial score (nSPS) is 14.7. The number of ketones is 1. The van der Waals surface area contributed by atoms with E-state index in [4.69, 9.17) is 4.74 Å². The zero-order valence-corrected chi connectivity index (χ0v) is 12.5. The van der Waals surface area contributed by atoms with Crippen LogP contribution in [0.5, 0.6) is 17.2 Å². The lowest BCUT2D eigenvalue weighted by Gasteiger charge is -2.00.